The molecule has 0 bridgehead atoms. The number of aromatic amines is 1. The van der Waals surface area contributed by atoms with Crippen LogP contribution in [-0.2, 0) is 14.3 Å². The summed E-state index contributed by atoms with van der Waals surface area (Å²) in [6.07, 6.45) is 3.85. The first-order valence-corrected chi connectivity index (χ1v) is 12.4. The highest BCUT2D eigenvalue weighted by molar-refractivity contribution is 5.86. The van der Waals surface area contributed by atoms with Crippen LogP contribution in [0.1, 0.15) is 57.0 Å². The Hall–Kier alpha value is -3.14. The number of imidazole rings is 1. The van der Waals surface area contributed by atoms with Crippen LogP contribution in [-0.4, -0.2) is 65.9 Å². The van der Waals surface area contributed by atoms with Crippen molar-refractivity contribution in [1.82, 2.24) is 20.2 Å². The number of halogens is 1. The fourth-order valence-electron chi connectivity index (χ4n) is 5.46. The number of nitrogens with one attached hydrogen (secondary N) is 2. The van der Waals surface area contributed by atoms with Crippen LogP contribution in [0.15, 0.2) is 18.3 Å². The molecule has 2 aromatic rings. The third kappa shape index (κ3) is 5.33. The van der Waals surface area contributed by atoms with Crippen molar-refractivity contribution in [1.29, 1.82) is 0 Å². The first-order valence-electron chi connectivity index (χ1n) is 12.4. The maximum atomic E-state index is 14.4. The molecular weight excluding hydrogens is 467 g/mol. The molecular formula is C26H35FN4O5. The zero-order valence-corrected chi connectivity index (χ0v) is 21.5. The van der Waals surface area contributed by atoms with E-state index < -0.39 is 12.1 Å². The minimum absolute atomic E-state index is 0.0117. The summed E-state index contributed by atoms with van der Waals surface area (Å²) < 4.78 is 30.4. The lowest BCUT2D eigenvalue weighted by Crippen LogP contribution is -2.54. The second-order valence-electron chi connectivity index (χ2n) is 9.76. The molecule has 0 saturated carbocycles. The van der Waals surface area contributed by atoms with Gasteiger partial charge in [-0.1, -0.05) is 0 Å². The third-order valence-electron chi connectivity index (χ3n) is 7.20. The van der Waals surface area contributed by atoms with E-state index in [2.05, 4.69) is 15.3 Å². The molecule has 196 valence electrons. The Bertz CT molecular complexity index is 1100. The van der Waals surface area contributed by atoms with Crippen LogP contribution in [0.5, 0.6) is 5.75 Å². The number of amides is 2. The largest absolute Gasteiger partial charge is 0.496 e. The zero-order valence-electron chi connectivity index (χ0n) is 21.5. The number of hydrogen-bond donors (Lipinski definition) is 2. The molecule has 36 heavy (non-hydrogen) atoms. The van der Waals surface area contributed by atoms with Crippen molar-refractivity contribution in [2.75, 3.05) is 20.8 Å². The molecule has 4 atom stereocenters. The maximum Gasteiger partial charge on any atom is 0.407 e. The van der Waals surface area contributed by atoms with Crippen molar-refractivity contribution in [2.24, 2.45) is 5.92 Å². The Balaban J connectivity index is 1.58. The number of ether oxygens (including phenoxy) is 3. The minimum atomic E-state index is -0.725. The average Bonchev–Trinajstić information content (AvgIpc) is 3.52. The number of H-pyrrole nitrogens is 1. The quantitative estimate of drug-likeness (QED) is 0.616. The molecule has 2 fully saturated rings. The summed E-state index contributed by atoms with van der Waals surface area (Å²) >= 11 is 0. The van der Waals surface area contributed by atoms with E-state index in [9.17, 15) is 14.0 Å². The van der Waals surface area contributed by atoms with Crippen molar-refractivity contribution in [3.63, 3.8) is 0 Å². The number of rotatable bonds is 6. The molecule has 4 rings (SSSR count). The van der Waals surface area contributed by atoms with Gasteiger partial charge in [0.05, 0.1) is 44.4 Å². The predicted molar refractivity (Wildman–Crippen MR) is 131 cm³/mol. The Kier molecular flexibility index (Phi) is 7.82. The minimum Gasteiger partial charge on any atom is -0.496 e. The number of methoxy groups -OCH3 is 2. The molecule has 2 aliphatic rings. The van der Waals surface area contributed by atoms with Gasteiger partial charge in [-0.25, -0.2) is 14.2 Å². The van der Waals surface area contributed by atoms with Gasteiger partial charge < -0.3 is 29.4 Å². The van der Waals surface area contributed by atoms with Crippen LogP contribution in [0.4, 0.5) is 9.18 Å². The van der Waals surface area contributed by atoms with Gasteiger partial charge in [0.15, 0.2) is 0 Å². The van der Waals surface area contributed by atoms with E-state index in [0.29, 0.717) is 47.8 Å². The molecule has 2 saturated heterocycles. The van der Waals surface area contributed by atoms with Crippen LogP contribution >= 0.6 is 0 Å². The Morgan fingerprint density at radius 3 is 2.64 bits per heavy atom. The molecule has 1 aromatic heterocycles. The van der Waals surface area contributed by atoms with Gasteiger partial charge in [-0.2, -0.15) is 0 Å². The second-order valence-corrected chi connectivity index (χ2v) is 9.76. The Morgan fingerprint density at radius 1 is 1.25 bits per heavy atom. The lowest BCUT2D eigenvalue weighted by molar-refractivity contribution is -0.138. The summed E-state index contributed by atoms with van der Waals surface area (Å²) in [6, 6.07) is 2.20. The van der Waals surface area contributed by atoms with E-state index in [-0.39, 0.29) is 35.9 Å². The number of nitrogens with zero attached hydrogens (tertiary/aromatic N) is 2. The number of benzene rings is 1. The Morgan fingerprint density at radius 2 is 1.97 bits per heavy atom. The monoisotopic (exact) mass is 502 g/mol. The first kappa shape index (κ1) is 25.9. The van der Waals surface area contributed by atoms with Gasteiger partial charge in [-0.15, -0.1) is 0 Å². The van der Waals surface area contributed by atoms with Gasteiger partial charge in [-0.3, -0.25) is 4.79 Å². The molecule has 0 spiro atoms. The molecule has 2 aliphatic heterocycles. The number of carbonyl (C=O) groups excluding carboxylic acids is 2. The molecule has 2 amide bonds. The normalized spacial score (nSPS) is 24.9. The SMILES string of the molecule is COC(=O)NC(C(=O)N1CCCC1c1ncc(-c2cc(F)c(C)c(OC)c2)[nH]1)C1CC(C)OC(C)C1. The summed E-state index contributed by atoms with van der Waals surface area (Å²) in [5, 5.41) is 2.79. The summed E-state index contributed by atoms with van der Waals surface area (Å²) in [6.45, 7) is 6.18. The van der Waals surface area contributed by atoms with Gasteiger partial charge in [0.25, 0.3) is 0 Å². The number of hydrogen-bond acceptors (Lipinski definition) is 6. The van der Waals surface area contributed by atoms with Crippen molar-refractivity contribution in [3.8, 4) is 17.0 Å². The summed E-state index contributed by atoms with van der Waals surface area (Å²) in [7, 11) is 2.79. The summed E-state index contributed by atoms with van der Waals surface area (Å²) in [5.41, 5.74) is 1.69. The van der Waals surface area contributed by atoms with Crippen LogP contribution in [0.3, 0.4) is 0 Å². The number of aromatic nitrogens is 2. The summed E-state index contributed by atoms with van der Waals surface area (Å²) in [4.78, 5) is 35.6. The molecule has 0 aliphatic carbocycles. The topological polar surface area (TPSA) is 106 Å². The molecule has 0 radical (unpaired) electrons. The van der Waals surface area contributed by atoms with E-state index in [1.807, 2.05) is 13.8 Å². The van der Waals surface area contributed by atoms with E-state index in [4.69, 9.17) is 14.2 Å². The smallest absolute Gasteiger partial charge is 0.407 e. The van der Waals surface area contributed by atoms with Crippen molar-refractivity contribution in [3.05, 3.63) is 35.5 Å². The van der Waals surface area contributed by atoms with E-state index >= 15 is 0 Å². The number of alkyl carbamates (subject to hydrolysis) is 1. The van der Waals surface area contributed by atoms with Gasteiger partial charge in [-0.05, 0) is 64.5 Å². The number of carbonyl (C=O) groups is 2. The summed E-state index contributed by atoms with van der Waals surface area (Å²) in [5.74, 6) is 0.480. The van der Waals surface area contributed by atoms with Gasteiger partial charge in [0.2, 0.25) is 5.91 Å². The fraction of sp³-hybridized carbons (Fsp3) is 0.577. The maximum absolute atomic E-state index is 14.4. The van der Waals surface area contributed by atoms with Crippen molar-refractivity contribution in [2.45, 2.75) is 70.7 Å². The molecule has 9 nitrogen and oxygen atoms in total. The fourth-order valence-corrected chi connectivity index (χ4v) is 5.46. The Labute approximate surface area is 210 Å². The highest BCUT2D eigenvalue weighted by Gasteiger charge is 2.41. The van der Waals surface area contributed by atoms with E-state index in [1.165, 1.54) is 20.3 Å². The van der Waals surface area contributed by atoms with Crippen LogP contribution < -0.4 is 10.1 Å². The van der Waals surface area contributed by atoms with Gasteiger partial charge in [0.1, 0.15) is 23.4 Å². The first-order chi connectivity index (χ1) is 17.2. The highest BCUT2D eigenvalue weighted by Crippen LogP contribution is 2.36. The predicted octanol–water partition coefficient (Wildman–Crippen LogP) is 4.12. The third-order valence-corrected chi connectivity index (χ3v) is 7.20. The van der Waals surface area contributed by atoms with Crippen LogP contribution in [0.2, 0.25) is 0 Å². The van der Waals surface area contributed by atoms with Crippen LogP contribution in [0, 0.1) is 18.7 Å². The second kappa shape index (κ2) is 10.9. The highest BCUT2D eigenvalue weighted by atomic mass is 19.1. The molecule has 3 heterocycles. The van der Waals surface area contributed by atoms with Gasteiger partial charge >= 0.3 is 6.09 Å². The molecule has 2 N–H and O–H groups in total. The zero-order chi connectivity index (χ0) is 26.0. The van der Waals surface area contributed by atoms with Gasteiger partial charge in [0, 0.05) is 17.7 Å². The van der Waals surface area contributed by atoms with Crippen LogP contribution in [0.25, 0.3) is 11.3 Å². The van der Waals surface area contributed by atoms with E-state index in [0.717, 1.165) is 12.8 Å². The number of likely N-dealkylation sites (tertiary alicyclic amines) is 1. The average molecular weight is 503 g/mol. The standard InChI is InChI=1S/C26H35FN4O5/c1-14-9-18(10-15(2)36-14)23(30-26(33)35-5)25(32)31-8-6-7-21(31)24-28-13-20(29-24)17-11-19(27)16(3)22(12-17)34-4/h11-15,18,21,23H,6-10H2,1-5H3,(H,28,29)(H,30,33). The lowest BCUT2D eigenvalue weighted by atomic mass is 9.85. The molecule has 10 heteroatoms. The van der Waals surface area contributed by atoms with E-state index in [1.54, 1.807) is 24.1 Å². The lowest BCUT2D eigenvalue weighted by Gasteiger charge is -2.38. The molecule has 1 aromatic carbocycles. The van der Waals surface area contributed by atoms with Crippen molar-refractivity contribution >= 4 is 12.0 Å². The van der Waals surface area contributed by atoms with Crippen molar-refractivity contribution < 1.29 is 28.2 Å². The molecule has 4 unspecified atom stereocenters.